The van der Waals surface area contributed by atoms with Crippen LogP contribution in [0.2, 0.25) is 0 Å². The Hall–Kier alpha value is -2.17. The first-order valence-electron chi connectivity index (χ1n) is 4.84. The molecule has 5 heteroatoms. The third kappa shape index (κ3) is 2.08. The molecule has 2 N–H and O–H groups in total. The zero-order chi connectivity index (χ0) is 11.5. The number of nitrogens with zero attached hydrogens (tertiary/aromatic N) is 2. The summed E-state index contributed by atoms with van der Waals surface area (Å²) >= 11 is 0. The standard InChI is InChI=1S/C11H11N3O2/c1-7-9(5-10(15)16)14-11(13-7)8-3-2-4-12-6-8/h2-4,6H,5H2,1H3,(H,13,14)(H,15,16). The predicted molar refractivity (Wildman–Crippen MR) is 57.9 cm³/mol. The minimum absolute atomic E-state index is 0.0669. The van der Waals surface area contributed by atoms with Crippen LogP contribution in [0.4, 0.5) is 0 Å². The number of pyridine rings is 1. The van der Waals surface area contributed by atoms with E-state index in [4.69, 9.17) is 5.11 Å². The van der Waals surface area contributed by atoms with Crippen molar-refractivity contribution < 1.29 is 9.90 Å². The Bertz CT molecular complexity index is 505. The Morgan fingerprint density at radius 3 is 3.00 bits per heavy atom. The van der Waals surface area contributed by atoms with E-state index in [-0.39, 0.29) is 6.42 Å². The van der Waals surface area contributed by atoms with Crippen molar-refractivity contribution in [3.63, 3.8) is 0 Å². The number of imidazole rings is 1. The van der Waals surface area contributed by atoms with Gasteiger partial charge in [-0.25, -0.2) is 4.98 Å². The molecule has 16 heavy (non-hydrogen) atoms. The first-order valence-corrected chi connectivity index (χ1v) is 4.84. The van der Waals surface area contributed by atoms with Crippen LogP contribution in [0, 0.1) is 6.92 Å². The molecule has 5 nitrogen and oxygen atoms in total. The summed E-state index contributed by atoms with van der Waals surface area (Å²) in [6.45, 7) is 1.81. The van der Waals surface area contributed by atoms with Gasteiger partial charge in [-0.3, -0.25) is 9.78 Å². The average Bonchev–Trinajstić information content (AvgIpc) is 2.61. The number of H-pyrrole nitrogens is 1. The highest BCUT2D eigenvalue weighted by atomic mass is 16.4. The molecule has 0 amide bonds. The second kappa shape index (κ2) is 4.14. The monoisotopic (exact) mass is 217 g/mol. The van der Waals surface area contributed by atoms with Gasteiger partial charge < -0.3 is 10.1 Å². The van der Waals surface area contributed by atoms with Gasteiger partial charge in [-0.15, -0.1) is 0 Å². The summed E-state index contributed by atoms with van der Waals surface area (Å²) in [4.78, 5) is 21.9. The third-order valence-corrected chi connectivity index (χ3v) is 2.24. The van der Waals surface area contributed by atoms with Gasteiger partial charge in [-0.05, 0) is 19.1 Å². The fraction of sp³-hybridized carbons (Fsp3) is 0.182. The van der Waals surface area contributed by atoms with E-state index in [9.17, 15) is 4.79 Å². The lowest BCUT2D eigenvalue weighted by atomic mass is 10.3. The van der Waals surface area contributed by atoms with Crippen LogP contribution in [0.1, 0.15) is 11.4 Å². The number of carboxylic acid groups (broad SMARTS) is 1. The van der Waals surface area contributed by atoms with E-state index in [2.05, 4.69) is 15.0 Å². The summed E-state index contributed by atoms with van der Waals surface area (Å²) < 4.78 is 0. The number of carboxylic acids is 1. The molecule has 0 radical (unpaired) electrons. The van der Waals surface area contributed by atoms with Crippen LogP contribution in [0.3, 0.4) is 0 Å². The normalized spacial score (nSPS) is 10.3. The fourth-order valence-corrected chi connectivity index (χ4v) is 1.45. The molecule has 0 atom stereocenters. The second-order valence-electron chi connectivity index (χ2n) is 3.47. The molecule has 0 aliphatic carbocycles. The number of carbonyl (C=O) groups is 1. The van der Waals surface area contributed by atoms with Gasteiger partial charge in [0.1, 0.15) is 5.82 Å². The Morgan fingerprint density at radius 2 is 2.38 bits per heavy atom. The summed E-state index contributed by atoms with van der Waals surface area (Å²) in [6, 6.07) is 3.68. The van der Waals surface area contributed by atoms with Gasteiger partial charge in [0.05, 0.1) is 12.1 Å². The number of aromatic nitrogens is 3. The van der Waals surface area contributed by atoms with Gasteiger partial charge in [-0.2, -0.15) is 0 Å². The zero-order valence-corrected chi connectivity index (χ0v) is 8.77. The van der Waals surface area contributed by atoms with E-state index in [1.807, 2.05) is 19.1 Å². The molecule has 0 aliphatic heterocycles. The van der Waals surface area contributed by atoms with E-state index in [0.29, 0.717) is 11.5 Å². The topological polar surface area (TPSA) is 78.9 Å². The van der Waals surface area contributed by atoms with Gasteiger partial charge >= 0.3 is 5.97 Å². The van der Waals surface area contributed by atoms with Crippen LogP contribution >= 0.6 is 0 Å². The van der Waals surface area contributed by atoms with Crippen molar-refractivity contribution in [1.29, 1.82) is 0 Å². The first kappa shape index (κ1) is 10.4. The van der Waals surface area contributed by atoms with Crippen molar-refractivity contribution in [2.75, 3.05) is 0 Å². The minimum atomic E-state index is -0.882. The summed E-state index contributed by atoms with van der Waals surface area (Å²) in [5.41, 5.74) is 2.19. The Kier molecular flexibility index (Phi) is 2.68. The number of aromatic amines is 1. The fourth-order valence-electron chi connectivity index (χ4n) is 1.45. The van der Waals surface area contributed by atoms with Crippen LogP contribution < -0.4 is 0 Å². The quantitative estimate of drug-likeness (QED) is 0.814. The lowest BCUT2D eigenvalue weighted by Crippen LogP contribution is -2.01. The van der Waals surface area contributed by atoms with Gasteiger partial charge in [-0.1, -0.05) is 0 Å². The number of aryl methyl sites for hydroxylation is 1. The molecule has 0 aromatic carbocycles. The molecule has 2 aromatic rings. The maximum atomic E-state index is 10.6. The number of hydrogen-bond acceptors (Lipinski definition) is 3. The molecule has 0 fully saturated rings. The van der Waals surface area contributed by atoms with Gasteiger partial charge in [0, 0.05) is 23.7 Å². The first-order chi connectivity index (χ1) is 7.66. The highest BCUT2D eigenvalue weighted by Gasteiger charge is 2.11. The van der Waals surface area contributed by atoms with Crippen LogP contribution in [-0.4, -0.2) is 26.0 Å². The number of hydrogen-bond donors (Lipinski definition) is 2. The third-order valence-electron chi connectivity index (χ3n) is 2.24. The van der Waals surface area contributed by atoms with Crippen molar-refractivity contribution in [1.82, 2.24) is 15.0 Å². The number of nitrogens with one attached hydrogen (secondary N) is 1. The maximum absolute atomic E-state index is 10.6. The van der Waals surface area contributed by atoms with Gasteiger partial charge in [0.2, 0.25) is 0 Å². The smallest absolute Gasteiger partial charge is 0.309 e. The lowest BCUT2D eigenvalue weighted by molar-refractivity contribution is -0.136. The van der Waals surface area contributed by atoms with Crippen LogP contribution in [0.5, 0.6) is 0 Å². The highest BCUT2D eigenvalue weighted by molar-refractivity contribution is 5.70. The molecule has 82 valence electrons. The summed E-state index contributed by atoms with van der Waals surface area (Å²) in [6.07, 6.45) is 3.29. The molecule has 0 aliphatic rings. The van der Waals surface area contributed by atoms with Crippen LogP contribution in [0.25, 0.3) is 11.4 Å². The molecular formula is C11H11N3O2. The summed E-state index contributed by atoms with van der Waals surface area (Å²) in [7, 11) is 0. The van der Waals surface area contributed by atoms with Crippen LogP contribution in [0.15, 0.2) is 24.5 Å². The van der Waals surface area contributed by atoms with E-state index in [0.717, 1.165) is 11.3 Å². The van der Waals surface area contributed by atoms with E-state index in [1.165, 1.54) is 0 Å². The molecule has 0 saturated heterocycles. The van der Waals surface area contributed by atoms with Crippen molar-refractivity contribution in [2.45, 2.75) is 13.3 Å². The summed E-state index contributed by atoms with van der Waals surface area (Å²) in [5.74, 6) is -0.228. The zero-order valence-electron chi connectivity index (χ0n) is 8.77. The molecule has 0 spiro atoms. The van der Waals surface area contributed by atoms with Crippen molar-refractivity contribution in [3.05, 3.63) is 35.9 Å². The largest absolute Gasteiger partial charge is 0.481 e. The molecule has 0 saturated carbocycles. The predicted octanol–water partition coefficient (Wildman–Crippen LogP) is 1.41. The molecule has 0 unspecified atom stereocenters. The molecule has 0 bridgehead atoms. The van der Waals surface area contributed by atoms with Crippen molar-refractivity contribution >= 4 is 5.97 Å². The number of aliphatic carboxylic acids is 1. The van der Waals surface area contributed by atoms with E-state index >= 15 is 0 Å². The Balaban J connectivity index is 2.34. The van der Waals surface area contributed by atoms with E-state index in [1.54, 1.807) is 12.4 Å². The molecule has 2 heterocycles. The second-order valence-corrected chi connectivity index (χ2v) is 3.47. The lowest BCUT2D eigenvalue weighted by Gasteiger charge is -1.93. The Morgan fingerprint density at radius 1 is 1.56 bits per heavy atom. The Labute approximate surface area is 92.2 Å². The van der Waals surface area contributed by atoms with Gasteiger partial charge in [0.25, 0.3) is 0 Å². The maximum Gasteiger partial charge on any atom is 0.309 e. The average molecular weight is 217 g/mol. The van der Waals surface area contributed by atoms with Crippen molar-refractivity contribution in [3.8, 4) is 11.4 Å². The highest BCUT2D eigenvalue weighted by Crippen LogP contribution is 2.16. The molecular weight excluding hydrogens is 206 g/mol. The van der Waals surface area contributed by atoms with Crippen LogP contribution in [-0.2, 0) is 11.2 Å². The van der Waals surface area contributed by atoms with E-state index < -0.39 is 5.97 Å². The van der Waals surface area contributed by atoms with Crippen molar-refractivity contribution in [2.24, 2.45) is 0 Å². The van der Waals surface area contributed by atoms with Gasteiger partial charge in [0.15, 0.2) is 0 Å². The molecule has 2 aromatic heterocycles. The molecule has 2 rings (SSSR count). The SMILES string of the molecule is Cc1[nH]c(-c2cccnc2)nc1CC(=O)O. The number of rotatable bonds is 3. The minimum Gasteiger partial charge on any atom is -0.481 e. The summed E-state index contributed by atoms with van der Waals surface area (Å²) in [5, 5.41) is 8.70.